The second-order valence-corrected chi connectivity index (χ2v) is 5.38. The summed E-state index contributed by atoms with van der Waals surface area (Å²) in [6.45, 7) is 7.88. The SMILES string of the molecule is C[C@H]1COCCN1c1nc(C#N)cc(N2CCNCC2)n1. The number of rotatable bonds is 2. The number of nitriles is 1. The van der Waals surface area contributed by atoms with E-state index in [2.05, 4.69) is 38.1 Å². The monoisotopic (exact) mass is 288 g/mol. The van der Waals surface area contributed by atoms with E-state index in [-0.39, 0.29) is 6.04 Å². The Morgan fingerprint density at radius 1 is 1.33 bits per heavy atom. The van der Waals surface area contributed by atoms with Crippen molar-refractivity contribution >= 4 is 11.8 Å². The van der Waals surface area contributed by atoms with Crippen molar-refractivity contribution in [3.8, 4) is 6.07 Å². The van der Waals surface area contributed by atoms with Gasteiger partial charge in [-0.15, -0.1) is 0 Å². The molecule has 0 radical (unpaired) electrons. The summed E-state index contributed by atoms with van der Waals surface area (Å²) in [5.74, 6) is 1.48. The van der Waals surface area contributed by atoms with E-state index >= 15 is 0 Å². The van der Waals surface area contributed by atoms with Gasteiger partial charge in [0.2, 0.25) is 5.95 Å². The molecule has 1 aromatic heterocycles. The van der Waals surface area contributed by atoms with Gasteiger partial charge >= 0.3 is 0 Å². The summed E-state index contributed by atoms with van der Waals surface area (Å²) in [5.41, 5.74) is 0.423. The summed E-state index contributed by atoms with van der Waals surface area (Å²) in [5, 5.41) is 12.6. The van der Waals surface area contributed by atoms with Crippen LogP contribution in [0.2, 0.25) is 0 Å². The molecule has 3 rings (SSSR count). The number of hydrogen-bond acceptors (Lipinski definition) is 7. The summed E-state index contributed by atoms with van der Waals surface area (Å²) >= 11 is 0. The van der Waals surface area contributed by atoms with Crippen LogP contribution in [0.5, 0.6) is 0 Å². The Morgan fingerprint density at radius 2 is 2.14 bits per heavy atom. The van der Waals surface area contributed by atoms with Crippen molar-refractivity contribution in [2.45, 2.75) is 13.0 Å². The van der Waals surface area contributed by atoms with Crippen LogP contribution >= 0.6 is 0 Å². The van der Waals surface area contributed by atoms with E-state index in [1.54, 1.807) is 6.07 Å². The first-order valence-electron chi connectivity index (χ1n) is 7.37. The number of piperazine rings is 1. The van der Waals surface area contributed by atoms with Gasteiger partial charge in [0.1, 0.15) is 17.6 Å². The van der Waals surface area contributed by atoms with Crippen LogP contribution in [0.1, 0.15) is 12.6 Å². The quantitative estimate of drug-likeness (QED) is 0.819. The van der Waals surface area contributed by atoms with Gasteiger partial charge in [-0.3, -0.25) is 0 Å². The minimum atomic E-state index is 0.226. The molecule has 0 amide bonds. The number of aromatic nitrogens is 2. The highest BCUT2D eigenvalue weighted by atomic mass is 16.5. The molecule has 2 saturated heterocycles. The zero-order chi connectivity index (χ0) is 14.7. The van der Waals surface area contributed by atoms with Crippen LogP contribution in [-0.2, 0) is 4.74 Å². The number of nitrogens with zero attached hydrogens (tertiary/aromatic N) is 5. The van der Waals surface area contributed by atoms with Crippen molar-refractivity contribution in [2.75, 3.05) is 55.7 Å². The number of ether oxygens (including phenoxy) is 1. The summed E-state index contributed by atoms with van der Waals surface area (Å²) in [6, 6.07) is 4.15. The largest absolute Gasteiger partial charge is 0.377 e. The molecule has 2 aliphatic heterocycles. The van der Waals surface area contributed by atoms with Gasteiger partial charge in [0, 0.05) is 38.8 Å². The second kappa shape index (κ2) is 6.24. The number of anilines is 2. The van der Waals surface area contributed by atoms with Crippen molar-refractivity contribution in [3.63, 3.8) is 0 Å². The predicted molar refractivity (Wildman–Crippen MR) is 79.5 cm³/mol. The molecule has 0 spiro atoms. The van der Waals surface area contributed by atoms with Crippen molar-refractivity contribution in [1.82, 2.24) is 15.3 Å². The van der Waals surface area contributed by atoms with E-state index in [9.17, 15) is 5.26 Å². The Kier molecular flexibility index (Phi) is 4.18. The molecule has 21 heavy (non-hydrogen) atoms. The predicted octanol–water partition coefficient (Wildman–Crippen LogP) is -0.0170. The molecule has 3 heterocycles. The zero-order valence-corrected chi connectivity index (χ0v) is 12.2. The Balaban J connectivity index is 1.91. The minimum absolute atomic E-state index is 0.226. The average molecular weight is 288 g/mol. The minimum Gasteiger partial charge on any atom is -0.377 e. The van der Waals surface area contributed by atoms with Crippen LogP contribution in [0.25, 0.3) is 0 Å². The fraction of sp³-hybridized carbons (Fsp3) is 0.643. The lowest BCUT2D eigenvalue weighted by Crippen LogP contribution is -2.46. The molecule has 0 saturated carbocycles. The van der Waals surface area contributed by atoms with Gasteiger partial charge in [-0.1, -0.05) is 0 Å². The maximum absolute atomic E-state index is 9.23. The van der Waals surface area contributed by atoms with E-state index < -0.39 is 0 Å². The third-order valence-corrected chi connectivity index (χ3v) is 3.88. The van der Waals surface area contributed by atoms with Crippen LogP contribution in [0.4, 0.5) is 11.8 Å². The average Bonchev–Trinajstić information content (AvgIpc) is 2.55. The molecule has 1 aromatic rings. The number of morpholine rings is 1. The van der Waals surface area contributed by atoms with E-state index in [1.807, 2.05) is 0 Å². The number of nitrogens with one attached hydrogen (secondary N) is 1. The van der Waals surface area contributed by atoms with Crippen molar-refractivity contribution in [1.29, 1.82) is 5.26 Å². The lowest BCUT2D eigenvalue weighted by atomic mass is 10.2. The molecule has 2 aliphatic rings. The Hall–Kier alpha value is -1.91. The van der Waals surface area contributed by atoms with E-state index in [0.29, 0.717) is 24.9 Å². The highest BCUT2D eigenvalue weighted by molar-refractivity contribution is 5.49. The fourth-order valence-electron chi connectivity index (χ4n) is 2.69. The molecule has 7 nitrogen and oxygen atoms in total. The molecule has 0 aliphatic carbocycles. The molecular formula is C14H20N6O. The highest BCUT2D eigenvalue weighted by Gasteiger charge is 2.23. The molecule has 7 heteroatoms. The van der Waals surface area contributed by atoms with Gasteiger partial charge in [-0.2, -0.15) is 10.2 Å². The third-order valence-electron chi connectivity index (χ3n) is 3.88. The smallest absolute Gasteiger partial charge is 0.228 e. The van der Waals surface area contributed by atoms with Crippen molar-refractivity contribution < 1.29 is 4.74 Å². The molecule has 0 aromatic carbocycles. The van der Waals surface area contributed by atoms with Gasteiger partial charge in [0.15, 0.2) is 0 Å². The van der Waals surface area contributed by atoms with Gasteiger partial charge in [-0.05, 0) is 6.92 Å². The fourth-order valence-corrected chi connectivity index (χ4v) is 2.69. The van der Waals surface area contributed by atoms with Crippen molar-refractivity contribution in [2.24, 2.45) is 0 Å². The van der Waals surface area contributed by atoms with Crippen LogP contribution in [0.3, 0.4) is 0 Å². The standard InChI is InChI=1S/C14H20N6O/c1-11-10-21-7-6-20(11)14-17-12(9-15)8-13(18-14)19-4-2-16-3-5-19/h8,11,16H,2-7,10H2,1H3/t11-/m0/s1. The molecule has 112 valence electrons. The van der Waals surface area contributed by atoms with E-state index in [4.69, 9.17) is 4.74 Å². The van der Waals surface area contributed by atoms with Crippen LogP contribution < -0.4 is 15.1 Å². The molecule has 0 unspecified atom stereocenters. The molecule has 0 bridgehead atoms. The summed E-state index contributed by atoms with van der Waals surface area (Å²) in [7, 11) is 0. The zero-order valence-electron chi connectivity index (χ0n) is 12.2. The number of hydrogen-bond donors (Lipinski definition) is 1. The summed E-state index contributed by atoms with van der Waals surface area (Å²) < 4.78 is 5.46. The van der Waals surface area contributed by atoms with E-state index in [1.165, 1.54) is 0 Å². The maximum Gasteiger partial charge on any atom is 0.228 e. The molecule has 1 N–H and O–H groups in total. The molecular weight excluding hydrogens is 268 g/mol. The maximum atomic E-state index is 9.23. The summed E-state index contributed by atoms with van der Waals surface area (Å²) in [6.07, 6.45) is 0. The molecule has 1 atom stereocenters. The lowest BCUT2D eigenvalue weighted by Gasteiger charge is -2.34. The summed E-state index contributed by atoms with van der Waals surface area (Å²) in [4.78, 5) is 13.4. The van der Waals surface area contributed by atoms with Gasteiger partial charge < -0.3 is 19.9 Å². The van der Waals surface area contributed by atoms with E-state index in [0.717, 1.165) is 38.5 Å². The first kappa shape index (κ1) is 14.0. The Labute approximate surface area is 124 Å². The lowest BCUT2D eigenvalue weighted by molar-refractivity contribution is 0.0981. The topological polar surface area (TPSA) is 77.3 Å². The van der Waals surface area contributed by atoms with Crippen LogP contribution in [0, 0.1) is 11.3 Å². The van der Waals surface area contributed by atoms with Gasteiger partial charge in [0.25, 0.3) is 0 Å². The molecule has 2 fully saturated rings. The van der Waals surface area contributed by atoms with Crippen LogP contribution in [0.15, 0.2) is 6.07 Å². The van der Waals surface area contributed by atoms with Crippen molar-refractivity contribution in [3.05, 3.63) is 11.8 Å². The van der Waals surface area contributed by atoms with Gasteiger partial charge in [-0.25, -0.2) is 4.98 Å². The first-order chi connectivity index (χ1) is 10.3. The van der Waals surface area contributed by atoms with Crippen LogP contribution in [-0.4, -0.2) is 61.9 Å². The first-order valence-corrected chi connectivity index (χ1v) is 7.37. The third kappa shape index (κ3) is 3.06. The highest BCUT2D eigenvalue weighted by Crippen LogP contribution is 2.20. The Morgan fingerprint density at radius 3 is 2.86 bits per heavy atom. The van der Waals surface area contributed by atoms with Gasteiger partial charge in [0.05, 0.1) is 19.3 Å². The second-order valence-electron chi connectivity index (χ2n) is 5.38. The Bertz CT molecular complexity index is 537. The normalized spacial score (nSPS) is 23.0.